The fraction of sp³-hybridized carbons (Fsp3) is 0.625. The van der Waals surface area contributed by atoms with Crippen LogP contribution in [0, 0.1) is 0 Å². The maximum absolute atomic E-state index is 13.6. The summed E-state index contributed by atoms with van der Waals surface area (Å²) < 4.78 is 37.4. The average molecular weight is 326 g/mol. The summed E-state index contributed by atoms with van der Waals surface area (Å²) in [6, 6.07) is 1.73. The monoisotopic (exact) mass is 326 g/mol. The van der Waals surface area contributed by atoms with Gasteiger partial charge in [-0.2, -0.15) is 0 Å². The van der Waals surface area contributed by atoms with Crippen LogP contribution >= 0.6 is 0 Å². The van der Waals surface area contributed by atoms with Gasteiger partial charge in [0.15, 0.2) is 0 Å². The summed E-state index contributed by atoms with van der Waals surface area (Å²) in [4.78, 5) is 18.5. The van der Waals surface area contributed by atoms with Crippen LogP contribution < -0.4 is 4.90 Å². The number of halogens is 2. The Bertz CT molecular complexity index is 607. The molecule has 2 aliphatic rings. The molecule has 1 fully saturated rings. The number of rotatable bonds is 2. The normalized spacial score (nSPS) is 20.6. The first-order valence-electron chi connectivity index (χ1n) is 7.82. The van der Waals surface area contributed by atoms with Crippen molar-refractivity contribution in [3.63, 3.8) is 0 Å². The van der Waals surface area contributed by atoms with Gasteiger partial charge in [-0.25, -0.2) is 18.6 Å². The molecule has 1 saturated heterocycles. The van der Waals surface area contributed by atoms with Crippen LogP contribution in [0.5, 0.6) is 0 Å². The number of methoxy groups -OCH3 is 1. The highest BCUT2D eigenvalue weighted by Gasteiger charge is 2.33. The minimum atomic E-state index is -2.65. The van der Waals surface area contributed by atoms with E-state index in [1.165, 1.54) is 7.11 Å². The molecule has 0 N–H and O–H groups in total. The Hall–Kier alpha value is -1.76. The van der Waals surface area contributed by atoms with Crippen molar-refractivity contribution in [3.05, 3.63) is 22.9 Å². The van der Waals surface area contributed by atoms with Gasteiger partial charge in [-0.15, -0.1) is 0 Å². The summed E-state index contributed by atoms with van der Waals surface area (Å²) >= 11 is 0. The number of nitrogens with zero attached hydrogens (tertiary/aromatic N) is 2. The van der Waals surface area contributed by atoms with Crippen molar-refractivity contribution < 1.29 is 23.0 Å². The number of pyridine rings is 1. The largest absolute Gasteiger partial charge is 0.465 e. The van der Waals surface area contributed by atoms with E-state index in [1.54, 1.807) is 11.0 Å². The SMILES string of the molecule is COC(=O)c1cc2c(nc1N1CCCC(F)(F)CC1)CCOC2. The number of hydrogen-bond donors (Lipinski definition) is 0. The fourth-order valence-electron chi connectivity index (χ4n) is 3.05. The molecular formula is C16H20F2N2O3. The minimum absolute atomic E-state index is 0.129. The Morgan fingerprint density at radius 1 is 1.39 bits per heavy atom. The molecule has 0 amide bonds. The summed E-state index contributed by atoms with van der Waals surface area (Å²) in [5.41, 5.74) is 2.05. The van der Waals surface area contributed by atoms with Crippen LogP contribution in [0.2, 0.25) is 0 Å². The number of hydrogen-bond acceptors (Lipinski definition) is 5. The third kappa shape index (κ3) is 3.44. The lowest BCUT2D eigenvalue weighted by Crippen LogP contribution is -2.30. The standard InChI is InChI=1S/C16H20F2N2O3/c1-22-15(21)12-9-11-10-23-8-3-13(11)19-14(12)20-6-2-4-16(17,18)5-7-20/h9H,2-8,10H2,1H3. The van der Waals surface area contributed by atoms with Gasteiger partial charge in [-0.3, -0.25) is 0 Å². The smallest absolute Gasteiger partial charge is 0.341 e. The number of carbonyl (C=O) groups is 1. The summed E-state index contributed by atoms with van der Waals surface area (Å²) in [6.07, 6.45) is 0.675. The lowest BCUT2D eigenvalue weighted by Gasteiger charge is -2.26. The van der Waals surface area contributed by atoms with Gasteiger partial charge in [-0.05, 0) is 12.5 Å². The third-order valence-electron chi connectivity index (χ3n) is 4.33. The van der Waals surface area contributed by atoms with E-state index >= 15 is 0 Å². The molecule has 0 aromatic carbocycles. The van der Waals surface area contributed by atoms with Crippen LogP contribution in [-0.2, 0) is 22.5 Å². The number of ether oxygens (including phenoxy) is 2. The fourth-order valence-corrected chi connectivity index (χ4v) is 3.05. The number of alkyl halides is 2. The molecule has 1 aromatic heterocycles. The lowest BCUT2D eigenvalue weighted by molar-refractivity contribution is -0.0102. The quantitative estimate of drug-likeness (QED) is 0.782. The molecule has 0 atom stereocenters. The summed E-state index contributed by atoms with van der Waals surface area (Å²) in [5, 5.41) is 0. The molecule has 0 aliphatic carbocycles. The van der Waals surface area contributed by atoms with Crippen molar-refractivity contribution in [3.8, 4) is 0 Å². The molecule has 0 spiro atoms. The molecule has 3 heterocycles. The highest BCUT2D eigenvalue weighted by molar-refractivity contribution is 5.95. The second-order valence-electron chi connectivity index (χ2n) is 5.96. The molecule has 1 aromatic rings. The van der Waals surface area contributed by atoms with Crippen LogP contribution in [0.1, 0.15) is 40.9 Å². The second-order valence-corrected chi connectivity index (χ2v) is 5.96. The second kappa shape index (κ2) is 6.39. The Labute approximate surface area is 133 Å². The zero-order chi connectivity index (χ0) is 16.4. The molecule has 2 aliphatic heterocycles. The lowest BCUT2D eigenvalue weighted by atomic mass is 10.1. The Morgan fingerprint density at radius 2 is 2.22 bits per heavy atom. The molecular weight excluding hydrogens is 306 g/mol. The zero-order valence-corrected chi connectivity index (χ0v) is 13.1. The van der Waals surface area contributed by atoms with Gasteiger partial charge in [0.05, 0.1) is 26.0 Å². The van der Waals surface area contributed by atoms with E-state index in [4.69, 9.17) is 9.47 Å². The number of anilines is 1. The molecule has 0 bridgehead atoms. The van der Waals surface area contributed by atoms with Gasteiger partial charge in [0.25, 0.3) is 0 Å². The van der Waals surface area contributed by atoms with Crippen LogP contribution in [0.3, 0.4) is 0 Å². The highest BCUT2D eigenvalue weighted by atomic mass is 19.3. The summed E-state index contributed by atoms with van der Waals surface area (Å²) in [7, 11) is 1.30. The van der Waals surface area contributed by atoms with Crippen molar-refractivity contribution in [2.75, 3.05) is 31.7 Å². The Balaban J connectivity index is 1.97. The van der Waals surface area contributed by atoms with Crippen molar-refractivity contribution >= 4 is 11.8 Å². The Morgan fingerprint density at radius 3 is 3.00 bits per heavy atom. The van der Waals surface area contributed by atoms with Crippen LogP contribution in [-0.4, -0.2) is 43.7 Å². The first-order valence-corrected chi connectivity index (χ1v) is 7.82. The molecule has 3 rings (SSSR count). The topological polar surface area (TPSA) is 51.7 Å². The molecule has 0 saturated carbocycles. The van der Waals surface area contributed by atoms with Crippen LogP contribution in [0.4, 0.5) is 14.6 Å². The van der Waals surface area contributed by atoms with Gasteiger partial charge in [0, 0.05) is 37.9 Å². The van der Waals surface area contributed by atoms with E-state index in [2.05, 4.69) is 4.98 Å². The molecule has 0 unspecified atom stereocenters. The Kier molecular flexibility index (Phi) is 4.48. The first-order chi connectivity index (χ1) is 11.0. The molecule has 126 valence electrons. The predicted octanol–water partition coefficient (Wildman–Crippen LogP) is 2.57. The number of carbonyl (C=O) groups excluding carboxylic acids is 1. The molecule has 0 radical (unpaired) electrons. The van der Waals surface area contributed by atoms with Gasteiger partial charge in [0.1, 0.15) is 11.4 Å². The van der Waals surface area contributed by atoms with Gasteiger partial charge < -0.3 is 14.4 Å². The van der Waals surface area contributed by atoms with Gasteiger partial charge >= 0.3 is 5.97 Å². The van der Waals surface area contributed by atoms with Crippen molar-refractivity contribution in [2.45, 2.75) is 38.2 Å². The van der Waals surface area contributed by atoms with Crippen molar-refractivity contribution in [2.24, 2.45) is 0 Å². The highest BCUT2D eigenvalue weighted by Crippen LogP contribution is 2.32. The number of aromatic nitrogens is 1. The third-order valence-corrected chi connectivity index (χ3v) is 4.33. The van der Waals surface area contributed by atoms with Crippen molar-refractivity contribution in [1.82, 2.24) is 4.98 Å². The van der Waals surface area contributed by atoms with E-state index in [9.17, 15) is 13.6 Å². The number of esters is 1. The molecule has 23 heavy (non-hydrogen) atoms. The van der Waals surface area contributed by atoms with Crippen LogP contribution in [0.15, 0.2) is 6.07 Å². The maximum Gasteiger partial charge on any atom is 0.341 e. The average Bonchev–Trinajstić information content (AvgIpc) is 2.73. The van der Waals surface area contributed by atoms with E-state index < -0.39 is 11.9 Å². The van der Waals surface area contributed by atoms with Gasteiger partial charge in [-0.1, -0.05) is 0 Å². The van der Waals surface area contributed by atoms with E-state index in [-0.39, 0.29) is 19.4 Å². The zero-order valence-electron chi connectivity index (χ0n) is 13.1. The number of fused-ring (bicyclic) bond motifs is 1. The van der Waals surface area contributed by atoms with Crippen LogP contribution in [0.25, 0.3) is 0 Å². The van der Waals surface area contributed by atoms with E-state index in [1.807, 2.05) is 0 Å². The minimum Gasteiger partial charge on any atom is -0.465 e. The summed E-state index contributed by atoms with van der Waals surface area (Å²) in [5.74, 6) is -2.70. The molecule has 7 heteroatoms. The maximum atomic E-state index is 13.6. The predicted molar refractivity (Wildman–Crippen MR) is 79.9 cm³/mol. The van der Waals surface area contributed by atoms with Gasteiger partial charge in [0.2, 0.25) is 5.92 Å². The van der Waals surface area contributed by atoms with Crippen molar-refractivity contribution in [1.29, 1.82) is 0 Å². The first kappa shape index (κ1) is 16.1. The summed E-state index contributed by atoms with van der Waals surface area (Å²) in [6.45, 7) is 1.63. The van der Waals surface area contributed by atoms with E-state index in [0.717, 1.165) is 11.3 Å². The van der Waals surface area contributed by atoms with E-state index in [0.29, 0.717) is 44.0 Å². The molecule has 5 nitrogen and oxygen atoms in total.